The maximum atomic E-state index is 12.1. The molecule has 0 saturated carbocycles. The van der Waals surface area contributed by atoms with Crippen molar-refractivity contribution in [3.63, 3.8) is 0 Å². The summed E-state index contributed by atoms with van der Waals surface area (Å²) in [7, 11) is 3.15. The number of hydrogen-bond acceptors (Lipinski definition) is 4. The quantitative estimate of drug-likeness (QED) is 0.755. The molecule has 0 spiro atoms. The van der Waals surface area contributed by atoms with Gasteiger partial charge in [0.15, 0.2) is 5.78 Å². The largest absolute Gasteiger partial charge is 0.497 e. The summed E-state index contributed by atoms with van der Waals surface area (Å²) in [5.74, 6) is 1.35. The van der Waals surface area contributed by atoms with Crippen molar-refractivity contribution in [1.82, 2.24) is 5.32 Å². The second kappa shape index (κ2) is 7.01. The lowest BCUT2D eigenvalue weighted by atomic mass is 10.0. The molecule has 0 heterocycles. The molecule has 0 radical (unpaired) electrons. The fourth-order valence-electron chi connectivity index (χ4n) is 1.79. The zero-order valence-electron chi connectivity index (χ0n) is 11.4. The van der Waals surface area contributed by atoms with Gasteiger partial charge in [-0.1, -0.05) is 6.92 Å². The molecule has 0 saturated heterocycles. The van der Waals surface area contributed by atoms with E-state index in [2.05, 4.69) is 5.32 Å². The average molecular weight is 251 g/mol. The molecule has 1 aromatic rings. The standard InChI is InChI=1S/C14H21NO3/c1-5-15-10(2)6-14(16)11-7-12(17-3)9-13(8-11)18-4/h7-10,15H,5-6H2,1-4H3. The lowest BCUT2D eigenvalue weighted by Crippen LogP contribution is -2.28. The van der Waals surface area contributed by atoms with Crippen LogP contribution in [0, 0.1) is 0 Å². The van der Waals surface area contributed by atoms with E-state index in [1.807, 2.05) is 13.8 Å². The molecule has 1 N–H and O–H groups in total. The highest BCUT2D eigenvalue weighted by Crippen LogP contribution is 2.23. The molecule has 18 heavy (non-hydrogen) atoms. The number of Topliss-reactive ketones (excluding diaryl/α,β-unsaturated/α-hetero) is 1. The van der Waals surface area contributed by atoms with Crippen molar-refractivity contribution in [3.8, 4) is 11.5 Å². The van der Waals surface area contributed by atoms with Crippen LogP contribution in [-0.2, 0) is 0 Å². The highest BCUT2D eigenvalue weighted by Gasteiger charge is 2.13. The predicted molar refractivity (Wildman–Crippen MR) is 71.6 cm³/mol. The van der Waals surface area contributed by atoms with Crippen LogP contribution in [-0.4, -0.2) is 32.6 Å². The number of ketones is 1. The molecule has 1 aromatic carbocycles. The molecule has 100 valence electrons. The molecule has 0 aliphatic heterocycles. The van der Waals surface area contributed by atoms with Gasteiger partial charge in [-0.3, -0.25) is 4.79 Å². The van der Waals surface area contributed by atoms with E-state index in [1.165, 1.54) is 0 Å². The van der Waals surface area contributed by atoms with Gasteiger partial charge >= 0.3 is 0 Å². The van der Waals surface area contributed by atoms with E-state index in [1.54, 1.807) is 32.4 Å². The Balaban J connectivity index is 2.84. The van der Waals surface area contributed by atoms with E-state index in [9.17, 15) is 4.79 Å². The summed E-state index contributed by atoms with van der Waals surface area (Å²) in [5.41, 5.74) is 0.621. The lowest BCUT2D eigenvalue weighted by Gasteiger charge is -2.12. The molecule has 0 bridgehead atoms. The monoisotopic (exact) mass is 251 g/mol. The second-order valence-electron chi connectivity index (χ2n) is 4.19. The Bertz CT molecular complexity index is 382. The first kappa shape index (κ1) is 14.5. The molecule has 0 aliphatic carbocycles. The van der Waals surface area contributed by atoms with E-state index in [0.29, 0.717) is 23.5 Å². The molecular weight excluding hydrogens is 230 g/mol. The van der Waals surface area contributed by atoms with Crippen molar-refractivity contribution in [2.75, 3.05) is 20.8 Å². The maximum absolute atomic E-state index is 12.1. The summed E-state index contributed by atoms with van der Waals surface area (Å²) in [6.45, 7) is 4.88. The minimum atomic E-state index is 0.0839. The minimum Gasteiger partial charge on any atom is -0.497 e. The predicted octanol–water partition coefficient (Wildman–Crippen LogP) is 2.27. The lowest BCUT2D eigenvalue weighted by molar-refractivity contribution is 0.0971. The van der Waals surface area contributed by atoms with Gasteiger partial charge in [0, 0.05) is 24.1 Å². The fraction of sp³-hybridized carbons (Fsp3) is 0.500. The molecule has 1 rings (SSSR count). The summed E-state index contributed by atoms with van der Waals surface area (Å²) in [6, 6.07) is 5.40. The first-order chi connectivity index (χ1) is 8.60. The second-order valence-corrected chi connectivity index (χ2v) is 4.19. The molecule has 1 unspecified atom stereocenters. The molecule has 1 atom stereocenters. The summed E-state index contributed by atoms with van der Waals surface area (Å²) >= 11 is 0. The SMILES string of the molecule is CCNC(C)CC(=O)c1cc(OC)cc(OC)c1. The molecule has 4 nitrogen and oxygen atoms in total. The fourth-order valence-corrected chi connectivity index (χ4v) is 1.79. The van der Waals surface area contributed by atoms with Crippen molar-refractivity contribution < 1.29 is 14.3 Å². The Morgan fingerprint density at radius 3 is 2.22 bits per heavy atom. The highest BCUT2D eigenvalue weighted by atomic mass is 16.5. The van der Waals surface area contributed by atoms with Crippen molar-refractivity contribution in [2.45, 2.75) is 26.3 Å². The van der Waals surface area contributed by atoms with Crippen LogP contribution < -0.4 is 14.8 Å². The van der Waals surface area contributed by atoms with Gasteiger partial charge in [0.2, 0.25) is 0 Å². The van der Waals surface area contributed by atoms with Crippen LogP contribution in [0.15, 0.2) is 18.2 Å². The maximum Gasteiger partial charge on any atom is 0.164 e. The molecule has 0 fully saturated rings. The number of methoxy groups -OCH3 is 2. The van der Waals surface area contributed by atoms with Crippen LogP contribution in [0.25, 0.3) is 0 Å². The minimum absolute atomic E-state index is 0.0839. The van der Waals surface area contributed by atoms with Gasteiger partial charge in [-0.25, -0.2) is 0 Å². The Kier molecular flexibility index (Phi) is 5.65. The van der Waals surface area contributed by atoms with Crippen LogP contribution in [0.5, 0.6) is 11.5 Å². The first-order valence-corrected chi connectivity index (χ1v) is 6.10. The third-order valence-corrected chi connectivity index (χ3v) is 2.72. The van der Waals surface area contributed by atoms with Gasteiger partial charge in [-0.15, -0.1) is 0 Å². The smallest absolute Gasteiger partial charge is 0.164 e. The molecule has 0 amide bonds. The van der Waals surface area contributed by atoms with Crippen molar-refractivity contribution in [2.24, 2.45) is 0 Å². The van der Waals surface area contributed by atoms with Gasteiger partial charge in [-0.05, 0) is 25.6 Å². The van der Waals surface area contributed by atoms with Gasteiger partial charge in [0.25, 0.3) is 0 Å². The van der Waals surface area contributed by atoms with Crippen molar-refractivity contribution >= 4 is 5.78 Å². The molecular formula is C14H21NO3. The Hall–Kier alpha value is -1.55. The van der Waals surface area contributed by atoms with E-state index in [0.717, 1.165) is 6.54 Å². The molecule has 0 aliphatic rings. The third-order valence-electron chi connectivity index (χ3n) is 2.72. The van der Waals surface area contributed by atoms with Crippen LogP contribution >= 0.6 is 0 Å². The number of hydrogen-bond donors (Lipinski definition) is 1. The number of benzene rings is 1. The summed E-state index contributed by atoms with van der Waals surface area (Å²) < 4.78 is 10.3. The zero-order valence-corrected chi connectivity index (χ0v) is 11.4. The van der Waals surface area contributed by atoms with E-state index in [4.69, 9.17) is 9.47 Å². The first-order valence-electron chi connectivity index (χ1n) is 6.10. The number of ether oxygens (including phenoxy) is 2. The molecule has 0 aromatic heterocycles. The normalized spacial score (nSPS) is 12.0. The summed E-state index contributed by atoms with van der Waals surface area (Å²) in [5, 5.41) is 3.22. The van der Waals surface area contributed by atoms with E-state index >= 15 is 0 Å². The van der Waals surface area contributed by atoms with Crippen LogP contribution in [0.2, 0.25) is 0 Å². The van der Waals surface area contributed by atoms with Gasteiger partial charge in [0.1, 0.15) is 11.5 Å². The van der Waals surface area contributed by atoms with Crippen LogP contribution in [0.3, 0.4) is 0 Å². The highest BCUT2D eigenvalue weighted by molar-refractivity contribution is 5.97. The van der Waals surface area contributed by atoms with E-state index < -0.39 is 0 Å². The van der Waals surface area contributed by atoms with Crippen LogP contribution in [0.4, 0.5) is 0 Å². The van der Waals surface area contributed by atoms with E-state index in [-0.39, 0.29) is 11.8 Å². The summed E-state index contributed by atoms with van der Waals surface area (Å²) in [4.78, 5) is 12.1. The number of carbonyl (C=O) groups excluding carboxylic acids is 1. The van der Waals surface area contributed by atoms with Crippen molar-refractivity contribution in [3.05, 3.63) is 23.8 Å². The van der Waals surface area contributed by atoms with Crippen molar-refractivity contribution in [1.29, 1.82) is 0 Å². The number of nitrogens with one attached hydrogen (secondary N) is 1. The van der Waals surface area contributed by atoms with Crippen LogP contribution in [0.1, 0.15) is 30.6 Å². The molecule has 4 heteroatoms. The topological polar surface area (TPSA) is 47.6 Å². The Morgan fingerprint density at radius 1 is 1.22 bits per heavy atom. The number of carbonyl (C=O) groups is 1. The van der Waals surface area contributed by atoms with Gasteiger partial charge in [0.05, 0.1) is 14.2 Å². The zero-order chi connectivity index (χ0) is 13.5. The Labute approximate surface area is 108 Å². The van der Waals surface area contributed by atoms with Gasteiger partial charge in [-0.2, -0.15) is 0 Å². The summed E-state index contributed by atoms with van der Waals surface area (Å²) in [6.07, 6.45) is 0.462. The Morgan fingerprint density at radius 2 is 1.78 bits per heavy atom. The average Bonchev–Trinajstić information content (AvgIpc) is 2.38. The number of rotatable bonds is 7. The third kappa shape index (κ3) is 4.04. The van der Waals surface area contributed by atoms with Gasteiger partial charge < -0.3 is 14.8 Å².